The maximum absolute atomic E-state index is 10.5. The molecule has 0 aliphatic rings. The standard InChI is InChI=1S/C18H22N2O/c1-4-5-9-14-11-16(15-10-7-6-8-13(15)2)18(21)17(12-14)20-19-3/h6-8,10-12,21H,4-5,9H2,1-3H3. The molecular formula is C18H22N2O. The predicted molar refractivity (Wildman–Crippen MR) is 87.3 cm³/mol. The van der Waals surface area contributed by atoms with Gasteiger partial charge >= 0.3 is 0 Å². The number of nitrogens with zero attached hydrogens (tertiary/aromatic N) is 2. The highest BCUT2D eigenvalue weighted by molar-refractivity contribution is 5.79. The summed E-state index contributed by atoms with van der Waals surface area (Å²) < 4.78 is 0. The molecule has 2 rings (SSSR count). The Morgan fingerprint density at radius 2 is 1.86 bits per heavy atom. The lowest BCUT2D eigenvalue weighted by Gasteiger charge is -2.12. The molecule has 0 spiro atoms. The smallest absolute Gasteiger partial charge is 0.150 e. The zero-order valence-corrected chi connectivity index (χ0v) is 12.9. The van der Waals surface area contributed by atoms with Crippen LogP contribution in [0.5, 0.6) is 5.75 Å². The van der Waals surface area contributed by atoms with E-state index in [1.165, 1.54) is 5.56 Å². The molecule has 0 amide bonds. The van der Waals surface area contributed by atoms with Gasteiger partial charge in [0.25, 0.3) is 0 Å². The first kappa shape index (κ1) is 15.2. The van der Waals surface area contributed by atoms with Gasteiger partial charge in [0, 0.05) is 12.6 Å². The van der Waals surface area contributed by atoms with Gasteiger partial charge in [0.05, 0.1) is 0 Å². The maximum atomic E-state index is 10.5. The van der Waals surface area contributed by atoms with Gasteiger partial charge in [0.2, 0.25) is 0 Å². The van der Waals surface area contributed by atoms with Gasteiger partial charge in [0.15, 0.2) is 5.75 Å². The van der Waals surface area contributed by atoms with Gasteiger partial charge in [-0.15, -0.1) is 0 Å². The molecule has 0 aliphatic carbocycles. The Kier molecular flexibility index (Phi) is 5.09. The third-order valence-corrected chi connectivity index (χ3v) is 3.61. The van der Waals surface area contributed by atoms with Crippen molar-refractivity contribution >= 4 is 5.69 Å². The fourth-order valence-corrected chi connectivity index (χ4v) is 2.47. The average Bonchev–Trinajstić information content (AvgIpc) is 2.49. The molecule has 0 atom stereocenters. The van der Waals surface area contributed by atoms with Crippen molar-refractivity contribution in [3.8, 4) is 16.9 Å². The molecule has 0 aromatic heterocycles. The highest BCUT2D eigenvalue weighted by Crippen LogP contribution is 2.40. The number of azo groups is 1. The molecular weight excluding hydrogens is 260 g/mol. The monoisotopic (exact) mass is 282 g/mol. The van der Waals surface area contributed by atoms with Crippen molar-refractivity contribution in [3.05, 3.63) is 47.5 Å². The highest BCUT2D eigenvalue weighted by Gasteiger charge is 2.13. The van der Waals surface area contributed by atoms with E-state index in [9.17, 15) is 5.11 Å². The lowest BCUT2D eigenvalue weighted by molar-refractivity contribution is 0.478. The Hall–Kier alpha value is -2.16. The minimum atomic E-state index is 0.204. The first-order valence-electron chi connectivity index (χ1n) is 7.39. The summed E-state index contributed by atoms with van der Waals surface area (Å²) in [6, 6.07) is 12.1. The summed E-state index contributed by atoms with van der Waals surface area (Å²) in [5, 5.41) is 18.4. The molecule has 110 valence electrons. The van der Waals surface area contributed by atoms with Crippen LogP contribution in [0, 0.1) is 6.92 Å². The first-order chi connectivity index (χ1) is 10.2. The van der Waals surface area contributed by atoms with Gasteiger partial charge in [-0.1, -0.05) is 37.6 Å². The minimum Gasteiger partial charge on any atom is -0.505 e. The van der Waals surface area contributed by atoms with Gasteiger partial charge in [-0.25, -0.2) is 0 Å². The van der Waals surface area contributed by atoms with E-state index < -0.39 is 0 Å². The summed E-state index contributed by atoms with van der Waals surface area (Å²) in [5.74, 6) is 0.204. The van der Waals surface area contributed by atoms with Gasteiger partial charge < -0.3 is 5.11 Å². The van der Waals surface area contributed by atoms with Crippen LogP contribution in [0.25, 0.3) is 11.1 Å². The van der Waals surface area contributed by atoms with Crippen LogP contribution in [0.3, 0.4) is 0 Å². The second-order valence-electron chi connectivity index (χ2n) is 5.23. The Morgan fingerprint density at radius 1 is 1.10 bits per heavy atom. The summed E-state index contributed by atoms with van der Waals surface area (Å²) >= 11 is 0. The molecule has 2 aromatic rings. The Morgan fingerprint density at radius 3 is 2.52 bits per heavy atom. The molecule has 0 fully saturated rings. The minimum absolute atomic E-state index is 0.204. The molecule has 2 aromatic carbocycles. The van der Waals surface area contributed by atoms with Gasteiger partial charge in [-0.3, -0.25) is 0 Å². The molecule has 0 heterocycles. The van der Waals surface area contributed by atoms with Crippen molar-refractivity contribution in [1.29, 1.82) is 0 Å². The second kappa shape index (κ2) is 7.02. The molecule has 3 nitrogen and oxygen atoms in total. The van der Waals surface area contributed by atoms with E-state index in [1.54, 1.807) is 7.05 Å². The van der Waals surface area contributed by atoms with E-state index in [0.29, 0.717) is 5.69 Å². The van der Waals surface area contributed by atoms with Crippen LogP contribution in [-0.4, -0.2) is 12.2 Å². The normalized spacial score (nSPS) is 11.2. The van der Waals surface area contributed by atoms with Crippen molar-refractivity contribution < 1.29 is 5.11 Å². The van der Waals surface area contributed by atoms with E-state index in [0.717, 1.165) is 36.0 Å². The number of unbranched alkanes of at least 4 members (excludes halogenated alkanes) is 1. The molecule has 21 heavy (non-hydrogen) atoms. The first-order valence-corrected chi connectivity index (χ1v) is 7.39. The average molecular weight is 282 g/mol. The van der Waals surface area contributed by atoms with Crippen molar-refractivity contribution in [2.45, 2.75) is 33.1 Å². The molecule has 0 saturated carbocycles. The molecule has 0 saturated heterocycles. The Bertz CT molecular complexity index is 648. The van der Waals surface area contributed by atoms with Crippen LogP contribution in [0.2, 0.25) is 0 Å². The largest absolute Gasteiger partial charge is 0.505 e. The number of rotatable bonds is 5. The van der Waals surface area contributed by atoms with E-state index in [4.69, 9.17) is 0 Å². The molecule has 3 heteroatoms. The third kappa shape index (κ3) is 3.48. The number of aromatic hydroxyl groups is 1. The predicted octanol–water partition coefficient (Wildman–Crippen LogP) is 5.42. The lowest BCUT2D eigenvalue weighted by Crippen LogP contribution is -1.90. The third-order valence-electron chi connectivity index (χ3n) is 3.61. The summed E-state index contributed by atoms with van der Waals surface area (Å²) in [5.41, 5.74) is 4.75. The lowest BCUT2D eigenvalue weighted by atomic mass is 9.95. The summed E-state index contributed by atoms with van der Waals surface area (Å²) in [4.78, 5) is 0. The maximum Gasteiger partial charge on any atom is 0.150 e. The number of phenols is 1. The SMILES string of the molecule is CCCCc1cc(N=NC)c(O)c(-c2ccccc2C)c1. The molecule has 1 N–H and O–H groups in total. The summed E-state index contributed by atoms with van der Waals surface area (Å²) in [6.07, 6.45) is 3.26. The Balaban J connectivity index is 2.58. The molecule has 0 bridgehead atoms. The number of aryl methyl sites for hydroxylation is 2. The van der Waals surface area contributed by atoms with Gasteiger partial charge in [-0.05, 0) is 48.6 Å². The van der Waals surface area contributed by atoms with Crippen LogP contribution in [0.1, 0.15) is 30.9 Å². The second-order valence-corrected chi connectivity index (χ2v) is 5.23. The fourth-order valence-electron chi connectivity index (χ4n) is 2.47. The molecule has 0 aliphatic heterocycles. The highest BCUT2D eigenvalue weighted by atomic mass is 16.3. The number of hydrogen-bond acceptors (Lipinski definition) is 3. The number of phenolic OH excluding ortho intramolecular Hbond substituents is 1. The van der Waals surface area contributed by atoms with Crippen LogP contribution < -0.4 is 0 Å². The molecule has 0 radical (unpaired) electrons. The fraction of sp³-hybridized carbons (Fsp3) is 0.333. The number of benzene rings is 2. The van der Waals surface area contributed by atoms with Crippen molar-refractivity contribution in [2.75, 3.05) is 7.05 Å². The molecule has 0 unspecified atom stereocenters. The van der Waals surface area contributed by atoms with Crippen LogP contribution in [0.4, 0.5) is 5.69 Å². The van der Waals surface area contributed by atoms with E-state index in [1.807, 2.05) is 24.3 Å². The van der Waals surface area contributed by atoms with Crippen LogP contribution in [-0.2, 0) is 6.42 Å². The van der Waals surface area contributed by atoms with Crippen molar-refractivity contribution in [3.63, 3.8) is 0 Å². The van der Waals surface area contributed by atoms with E-state index >= 15 is 0 Å². The zero-order valence-electron chi connectivity index (χ0n) is 12.9. The Labute approximate surface area is 126 Å². The summed E-state index contributed by atoms with van der Waals surface area (Å²) in [7, 11) is 1.62. The quantitative estimate of drug-likeness (QED) is 0.731. The number of hydrogen-bond donors (Lipinski definition) is 1. The van der Waals surface area contributed by atoms with Gasteiger partial charge in [0.1, 0.15) is 5.69 Å². The van der Waals surface area contributed by atoms with Gasteiger partial charge in [-0.2, -0.15) is 10.2 Å². The van der Waals surface area contributed by atoms with E-state index in [-0.39, 0.29) is 5.75 Å². The topological polar surface area (TPSA) is 45.0 Å². The van der Waals surface area contributed by atoms with E-state index in [2.05, 4.69) is 36.2 Å². The van der Waals surface area contributed by atoms with Crippen LogP contribution in [0.15, 0.2) is 46.6 Å². The van der Waals surface area contributed by atoms with Crippen molar-refractivity contribution in [1.82, 2.24) is 0 Å². The van der Waals surface area contributed by atoms with Crippen LogP contribution >= 0.6 is 0 Å². The van der Waals surface area contributed by atoms with Crippen molar-refractivity contribution in [2.24, 2.45) is 10.2 Å². The zero-order chi connectivity index (χ0) is 15.2. The summed E-state index contributed by atoms with van der Waals surface area (Å²) in [6.45, 7) is 4.23.